The molecule has 0 radical (unpaired) electrons. The van der Waals surface area contributed by atoms with Gasteiger partial charge < -0.3 is 24.2 Å². The van der Waals surface area contributed by atoms with Crippen molar-refractivity contribution in [3.05, 3.63) is 70.8 Å². The Bertz CT molecular complexity index is 1190. The maximum absolute atomic E-state index is 13.3. The number of ketones is 1. The fourth-order valence-electron chi connectivity index (χ4n) is 4.77. The van der Waals surface area contributed by atoms with Crippen molar-refractivity contribution in [1.29, 1.82) is 0 Å². The predicted octanol–water partition coefficient (Wildman–Crippen LogP) is 3.41. The number of carbonyl (C=O) groups is 3. The molecule has 2 aromatic rings. The van der Waals surface area contributed by atoms with Crippen molar-refractivity contribution < 1.29 is 33.7 Å². The van der Waals surface area contributed by atoms with Gasteiger partial charge in [-0.15, -0.1) is 0 Å². The molecule has 1 N–H and O–H groups in total. The number of aliphatic hydroxyl groups is 1. The minimum Gasteiger partial charge on any atom is -0.507 e. The lowest BCUT2D eigenvalue weighted by Gasteiger charge is -2.29. The highest BCUT2D eigenvalue weighted by atomic mass is 16.5. The molecule has 2 aliphatic heterocycles. The molecule has 202 valence electrons. The molecular formula is C29H34N2O7. The molecule has 9 heteroatoms. The van der Waals surface area contributed by atoms with Gasteiger partial charge in [0.25, 0.3) is 11.7 Å². The summed E-state index contributed by atoms with van der Waals surface area (Å²) >= 11 is 0. The number of aliphatic hydroxyl groups excluding tert-OH is 1. The van der Waals surface area contributed by atoms with Crippen LogP contribution in [0.25, 0.3) is 5.76 Å². The fourth-order valence-corrected chi connectivity index (χ4v) is 4.77. The molecule has 2 aromatic carbocycles. The van der Waals surface area contributed by atoms with E-state index in [4.69, 9.17) is 14.2 Å². The molecule has 2 fully saturated rings. The van der Waals surface area contributed by atoms with E-state index in [1.165, 1.54) is 12.0 Å². The van der Waals surface area contributed by atoms with Crippen LogP contribution in [0.5, 0.6) is 5.75 Å². The first kappa shape index (κ1) is 27.3. The fraction of sp³-hybridized carbons (Fsp3) is 0.414. The van der Waals surface area contributed by atoms with E-state index < -0.39 is 23.7 Å². The van der Waals surface area contributed by atoms with Crippen molar-refractivity contribution in [1.82, 2.24) is 9.80 Å². The number of Topliss-reactive ketones (excluding diaryl/α,β-unsaturated/α-hetero) is 1. The number of rotatable bonds is 10. The molecule has 4 rings (SSSR count). The number of hydrogen-bond acceptors (Lipinski definition) is 8. The highest BCUT2D eigenvalue weighted by molar-refractivity contribution is 6.46. The van der Waals surface area contributed by atoms with E-state index in [1.807, 2.05) is 6.92 Å². The molecule has 1 amide bonds. The van der Waals surface area contributed by atoms with E-state index in [0.717, 1.165) is 26.1 Å². The van der Waals surface area contributed by atoms with Crippen LogP contribution in [0.1, 0.15) is 47.3 Å². The summed E-state index contributed by atoms with van der Waals surface area (Å²) in [6.07, 6.45) is 1.48. The van der Waals surface area contributed by atoms with Crippen LogP contribution in [0.4, 0.5) is 0 Å². The summed E-state index contributed by atoms with van der Waals surface area (Å²) in [7, 11) is 1.30. The van der Waals surface area contributed by atoms with Gasteiger partial charge in [-0.05, 0) is 42.7 Å². The number of esters is 1. The summed E-state index contributed by atoms with van der Waals surface area (Å²) in [6, 6.07) is 12.6. The number of methoxy groups -OCH3 is 1. The summed E-state index contributed by atoms with van der Waals surface area (Å²) in [6.45, 7) is 6.62. The number of hydrogen-bond donors (Lipinski definition) is 1. The van der Waals surface area contributed by atoms with Crippen LogP contribution in [0.3, 0.4) is 0 Å². The summed E-state index contributed by atoms with van der Waals surface area (Å²) in [5, 5.41) is 11.3. The van der Waals surface area contributed by atoms with Gasteiger partial charge in [0.1, 0.15) is 11.5 Å². The lowest BCUT2D eigenvalue weighted by atomic mass is 9.94. The number of ether oxygens (including phenoxy) is 3. The first-order valence-electron chi connectivity index (χ1n) is 12.9. The third kappa shape index (κ3) is 6.06. The Morgan fingerprint density at radius 3 is 2.47 bits per heavy atom. The molecule has 38 heavy (non-hydrogen) atoms. The number of likely N-dealkylation sites (tertiary alicyclic amines) is 1. The quantitative estimate of drug-likeness (QED) is 0.219. The van der Waals surface area contributed by atoms with Gasteiger partial charge in [0.05, 0.1) is 44.1 Å². The van der Waals surface area contributed by atoms with Gasteiger partial charge in [-0.1, -0.05) is 31.2 Å². The SMILES string of the molecule is CCCOc1cccc(C(O)=C2C(=O)C(=O)N(CCCN3CCOCC3)C2c2ccc(C(=O)OC)cc2)c1. The Labute approximate surface area is 222 Å². The molecule has 0 spiro atoms. The van der Waals surface area contributed by atoms with E-state index in [2.05, 4.69) is 4.90 Å². The smallest absolute Gasteiger partial charge is 0.337 e. The van der Waals surface area contributed by atoms with Crippen molar-refractivity contribution in [2.45, 2.75) is 25.8 Å². The van der Waals surface area contributed by atoms with Crippen LogP contribution in [0.2, 0.25) is 0 Å². The summed E-state index contributed by atoms with van der Waals surface area (Å²) < 4.78 is 15.9. The van der Waals surface area contributed by atoms with Gasteiger partial charge in [0.15, 0.2) is 0 Å². The second-order valence-corrected chi connectivity index (χ2v) is 9.29. The van der Waals surface area contributed by atoms with Gasteiger partial charge in [-0.3, -0.25) is 14.5 Å². The zero-order valence-electron chi connectivity index (χ0n) is 21.9. The number of carbonyl (C=O) groups excluding carboxylic acids is 3. The van der Waals surface area contributed by atoms with E-state index >= 15 is 0 Å². The molecule has 0 aliphatic carbocycles. The largest absolute Gasteiger partial charge is 0.507 e. The van der Waals surface area contributed by atoms with E-state index in [1.54, 1.807) is 48.5 Å². The molecular weight excluding hydrogens is 488 g/mol. The van der Waals surface area contributed by atoms with Crippen molar-refractivity contribution in [3.8, 4) is 5.75 Å². The topological polar surface area (TPSA) is 106 Å². The van der Waals surface area contributed by atoms with Crippen molar-refractivity contribution in [3.63, 3.8) is 0 Å². The molecule has 2 aliphatic rings. The van der Waals surface area contributed by atoms with Crippen LogP contribution in [0, 0.1) is 0 Å². The predicted molar refractivity (Wildman–Crippen MR) is 141 cm³/mol. The third-order valence-corrected chi connectivity index (χ3v) is 6.74. The van der Waals surface area contributed by atoms with Crippen LogP contribution in [-0.4, -0.2) is 85.7 Å². The first-order chi connectivity index (χ1) is 18.4. The molecule has 2 saturated heterocycles. The highest BCUT2D eigenvalue weighted by Gasteiger charge is 2.45. The van der Waals surface area contributed by atoms with Crippen LogP contribution in [0.15, 0.2) is 54.1 Å². The Balaban J connectivity index is 1.68. The normalized spacial score (nSPS) is 19.5. The lowest BCUT2D eigenvalue weighted by molar-refractivity contribution is -0.140. The Morgan fingerprint density at radius 1 is 1.05 bits per heavy atom. The van der Waals surface area contributed by atoms with Gasteiger partial charge in [0, 0.05) is 31.7 Å². The third-order valence-electron chi connectivity index (χ3n) is 6.74. The van der Waals surface area contributed by atoms with Gasteiger partial charge in [-0.25, -0.2) is 4.79 Å². The minimum absolute atomic E-state index is 0.0137. The highest BCUT2D eigenvalue weighted by Crippen LogP contribution is 2.40. The van der Waals surface area contributed by atoms with E-state index in [-0.39, 0.29) is 11.3 Å². The van der Waals surface area contributed by atoms with Crippen LogP contribution >= 0.6 is 0 Å². The molecule has 0 saturated carbocycles. The van der Waals surface area contributed by atoms with Crippen LogP contribution in [-0.2, 0) is 19.1 Å². The minimum atomic E-state index is -0.799. The van der Waals surface area contributed by atoms with E-state index in [0.29, 0.717) is 55.2 Å². The van der Waals surface area contributed by atoms with Crippen LogP contribution < -0.4 is 4.74 Å². The first-order valence-corrected chi connectivity index (χ1v) is 12.9. The van der Waals surface area contributed by atoms with Crippen molar-refractivity contribution in [2.24, 2.45) is 0 Å². The second kappa shape index (κ2) is 12.7. The monoisotopic (exact) mass is 522 g/mol. The van der Waals surface area contributed by atoms with Crippen molar-refractivity contribution in [2.75, 3.05) is 53.1 Å². The zero-order valence-corrected chi connectivity index (χ0v) is 21.9. The van der Waals surface area contributed by atoms with E-state index in [9.17, 15) is 19.5 Å². The Kier molecular flexibility index (Phi) is 9.15. The van der Waals surface area contributed by atoms with Gasteiger partial charge in [0.2, 0.25) is 0 Å². The maximum atomic E-state index is 13.3. The average Bonchev–Trinajstić information content (AvgIpc) is 3.21. The molecule has 1 unspecified atom stereocenters. The van der Waals surface area contributed by atoms with Gasteiger partial charge in [-0.2, -0.15) is 0 Å². The zero-order chi connectivity index (χ0) is 27.1. The molecule has 0 aromatic heterocycles. The molecule has 2 heterocycles. The molecule has 0 bridgehead atoms. The summed E-state index contributed by atoms with van der Waals surface area (Å²) in [5.74, 6) is -1.58. The number of nitrogens with zero attached hydrogens (tertiary/aromatic N) is 2. The summed E-state index contributed by atoms with van der Waals surface area (Å²) in [5.41, 5.74) is 1.37. The second-order valence-electron chi connectivity index (χ2n) is 9.29. The van der Waals surface area contributed by atoms with Crippen molar-refractivity contribution >= 4 is 23.4 Å². The molecule has 1 atom stereocenters. The number of amides is 1. The Morgan fingerprint density at radius 2 is 1.79 bits per heavy atom. The maximum Gasteiger partial charge on any atom is 0.337 e. The lowest BCUT2D eigenvalue weighted by Crippen LogP contribution is -2.39. The standard InChI is InChI=1S/C29H34N2O7/c1-3-16-38-23-7-4-6-22(19-23)26(32)24-25(20-8-10-21(11-9-20)29(35)36-2)31(28(34)27(24)33)13-5-12-30-14-17-37-18-15-30/h4,6-11,19,25,32H,3,5,12-18H2,1-2H3. The Hall–Kier alpha value is -3.69. The number of benzene rings is 2. The number of morpholine rings is 1. The average molecular weight is 523 g/mol. The summed E-state index contributed by atoms with van der Waals surface area (Å²) in [4.78, 5) is 42.3. The van der Waals surface area contributed by atoms with Gasteiger partial charge >= 0.3 is 5.97 Å². The molecule has 9 nitrogen and oxygen atoms in total.